The van der Waals surface area contributed by atoms with E-state index in [-0.39, 0.29) is 6.04 Å². The maximum absolute atomic E-state index is 10.8. The van der Waals surface area contributed by atoms with Crippen molar-refractivity contribution in [2.24, 2.45) is 0 Å². The summed E-state index contributed by atoms with van der Waals surface area (Å²) in [6, 6.07) is 5.57. The minimum Gasteiger partial charge on any atom is -0.492 e. The van der Waals surface area contributed by atoms with Crippen LogP contribution in [0.25, 0.3) is 11.0 Å². The summed E-state index contributed by atoms with van der Waals surface area (Å²) in [7, 11) is 0. The molecule has 5 rings (SSSR count). The zero-order valence-electron chi connectivity index (χ0n) is 17.1. The van der Waals surface area contributed by atoms with E-state index in [1.807, 2.05) is 42.8 Å². The highest BCUT2D eigenvalue weighted by Gasteiger charge is 2.44. The number of ether oxygens (including phenoxy) is 2. The molecule has 1 aliphatic carbocycles. The summed E-state index contributed by atoms with van der Waals surface area (Å²) in [6.07, 6.45) is 1.37. The summed E-state index contributed by atoms with van der Waals surface area (Å²) < 4.78 is 14.0. The molecule has 3 heterocycles. The SMILES string of the molecule is Cc1cc2c(c(O[C@H]3C[C@@H](n4ccc5c(C)ncnc54)[C@H](O)[C@@H]3O)c1)CNCCO2. The number of hydrogen-bond donors (Lipinski definition) is 3. The summed E-state index contributed by atoms with van der Waals surface area (Å²) in [5.41, 5.74) is 3.60. The molecule has 3 aromatic rings. The molecule has 0 amide bonds. The first-order valence-electron chi connectivity index (χ1n) is 10.3. The first-order chi connectivity index (χ1) is 14.5. The van der Waals surface area contributed by atoms with Gasteiger partial charge in [0.05, 0.1) is 11.7 Å². The molecule has 1 aliphatic heterocycles. The number of benzene rings is 1. The molecule has 0 unspecified atom stereocenters. The number of hydrogen-bond acceptors (Lipinski definition) is 7. The monoisotopic (exact) mass is 410 g/mol. The quantitative estimate of drug-likeness (QED) is 0.603. The van der Waals surface area contributed by atoms with Gasteiger partial charge in [-0.2, -0.15) is 0 Å². The molecule has 30 heavy (non-hydrogen) atoms. The number of fused-ring (bicyclic) bond motifs is 2. The van der Waals surface area contributed by atoms with E-state index in [1.165, 1.54) is 6.33 Å². The van der Waals surface area contributed by atoms with Crippen molar-refractivity contribution in [1.29, 1.82) is 0 Å². The van der Waals surface area contributed by atoms with Gasteiger partial charge in [0.15, 0.2) is 0 Å². The van der Waals surface area contributed by atoms with E-state index in [9.17, 15) is 10.2 Å². The van der Waals surface area contributed by atoms with E-state index in [0.29, 0.717) is 25.3 Å². The van der Waals surface area contributed by atoms with Crippen LogP contribution in [0.5, 0.6) is 11.5 Å². The zero-order chi connectivity index (χ0) is 20.8. The Morgan fingerprint density at radius 3 is 2.93 bits per heavy atom. The maximum Gasteiger partial charge on any atom is 0.143 e. The number of aliphatic hydroxyl groups excluding tert-OH is 2. The predicted molar refractivity (Wildman–Crippen MR) is 111 cm³/mol. The number of aliphatic hydroxyl groups is 2. The third-order valence-corrected chi connectivity index (χ3v) is 6.09. The van der Waals surface area contributed by atoms with Crippen molar-refractivity contribution >= 4 is 11.0 Å². The van der Waals surface area contributed by atoms with Crippen LogP contribution in [0.4, 0.5) is 0 Å². The van der Waals surface area contributed by atoms with Crippen LogP contribution >= 0.6 is 0 Å². The molecule has 1 aromatic carbocycles. The Hall–Kier alpha value is -2.68. The number of aromatic nitrogens is 3. The first-order valence-corrected chi connectivity index (χ1v) is 10.3. The van der Waals surface area contributed by atoms with E-state index in [2.05, 4.69) is 15.3 Å². The molecule has 1 fully saturated rings. The average molecular weight is 410 g/mol. The highest BCUT2D eigenvalue weighted by molar-refractivity contribution is 5.78. The standard InChI is InChI=1S/C22H26N4O4/c1-12-7-17-15(10-23-4-6-29-17)18(8-12)30-19-9-16(20(27)21(19)28)26-5-3-14-13(2)24-11-25-22(14)26/h3,5,7-8,11,16,19-21,23,27-28H,4,6,9-10H2,1-2H3/t16-,19+,20+,21-/m1/s1. The molecule has 4 atom stereocenters. The van der Waals surface area contributed by atoms with Crippen molar-refractivity contribution < 1.29 is 19.7 Å². The lowest BCUT2D eigenvalue weighted by Crippen LogP contribution is -2.34. The second-order valence-corrected chi connectivity index (χ2v) is 8.12. The Kier molecular flexibility index (Phi) is 4.85. The first kappa shape index (κ1) is 19.3. The fraction of sp³-hybridized carbons (Fsp3) is 0.455. The molecule has 0 bridgehead atoms. The summed E-state index contributed by atoms with van der Waals surface area (Å²) in [4.78, 5) is 8.62. The summed E-state index contributed by atoms with van der Waals surface area (Å²) in [5, 5.41) is 25.9. The highest BCUT2D eigenvalue weighted by atomic mass is 16.5. The van der Waals surface area contributed by atoms with Gasteiger partial charge in [0.1, 0.15) is 48.4 Å². The van der Waals surface area contributed by atoms with Gasteiger partial charge in [0, 0.05) is 36.7 Å². The van der Waals surface area contributed by atoms with Gasteiger partial charge in [0.2, 0.25) is 0 Å². The van der Waals surface area contributed by atoms with Crippen LogP contribution in [0, 0.1) is 13.8 Å². The number of aryl methyl sites for hydroxylation is 2. The van der Waals surface area contributed by atoms with E-state index in [0.717, 1.165) is 40.1 Å². The lowest BCUT2D eigenvalue weighted by atomic mass is 10.1. The maximum atomic E-state index is 10.8. The van der Waals surface area contributed by atoms with E-state index < -0.39 is 18.3 Å². The van der Waals surface area contributed by atoms with Gasteiger partial charge in [-0.25, -0.2) is 9.97 Å². The largest absolute Gasteiger partial charge is 0.492 e. The van der Waals surface area contributed by atoms with Gasteiger partial charge in [0.25, 0.3) is 0 Å². The van der Waals surface area contributed by atoms with Crippen LogP contribution in [0.15, 0.2) is 30.7 Å². The lowest BCUT2D eigenvalue weighted by Gasteiger charge is -2.21. The number of rotatable bonds is 3. The second kappa shape index (κ2) is 7.54. The third-order valence-electron chi connectivity index (χ3n) is 6.09. The number of nitrogens with one attached hydrogen (secondary N) is 1. The zero-order valence-corrected chi connectivity index (χ0v) is 17.1. The Morgan fingerprint density at radius 1 is 1.20 bits per heavy atom. The molecule has 1 saturated carbocycles. The smallest absolute Gasteiger partial charge is 0.143 e. The molecule has 158 valence electrons. The third kappa shape index (κ3) is 3.21. The minimum atomic E-state index is -1.01. The van der Waals surface area contributed by atoms with Crippen LogP contribution in [-0.4, -0.2) is 56.2 Å². The molecule has 0 radical (unpaired) electrons. The van der Waals surface area contributed by atoms with E-state index in [4.69, 9.17) is 9.47 Å². The van der Waals surface area contributed by atoms with Crippen LogP contribution in [0.1, 0.15) is 29.3 Å². The fourth-order valence-corrected chi connectivity index (χ4v) is 4.49. The van der Waals surface area contributed by atoms with Crippen molar-refractivity contribution in [3.63, 3.8) is 0 Å². The average Bonchev–Trinajstić information content (AvgIpc) is 3.16. The van der Waals surface area contributed by atoms with Crippen LogP contribution < -0.4 is 14.8 Å². The number of nitrogens with zero attached hydrogens (tertiary/aromatic N) is 3. The normalized spacial score (nSPS) is 26.3. The van der Waals surface area contributed by atoms with Crippen molar-refractivity contribution in [1.82, 2.24) is 19.9 Å². The van der Waals surface area contributed by atoms with Gasteiger partial charge in [-0.15, -0.1) is 0 Å². The van der Waals surface area contributed by atoms with Crippen molar-refractivity contribution in [3.8, 4) is 11.5 Å². The Labute approximate surface area is 174 Å². The van der Waals surface area contributed by atoms with Gasteiger partial charge < -0.3 is 29.6 Å². The molecule has 2 aromatic heterocycles. The minimum absolute atomic E-state index is 0.338. The summed E-state index contributed by atoms with van der Waals surface area (Å²) in [5.74, 6) is 1.50. The van der Waals surface area contributed by atoms with Crippen LogP contribution in [-0.2, 0) is 6.54 Å². The predicted octanol–water partition coefficient (Wildman–Crippen LogP) is 1.64. The van der Waals surface area contributed by atoms with Crippen molar-refractivity contribution in [3.05, 3.63) is 47.5 Å². The second-order valence-electron chi connectivity index (χ2n) is 8.12. The van der Waals surface area contributed by atoms with Gasteiger partial charge in [-0.05, 0) is 37.6 Å². The molecule has 3 N–H and O–H groups in total. The summed E-state index contributed by atoms with van der Waals surface area (Å²) in [6.45, 7) is 5.93. The van der Waals surface area contributed by atoms with Crippen molar-refractivity contribution in [2.45, 2.75) is 51.2 Å². The Bertz CT molecular complexity index is 1080. The van der Waals surface area contributed by atoms with E-state index in [1.54, 1.807) is 0 Å². The summed E-state index contributed by atoms with van der Waals surface area (Å²) >= 11 is 0. The Morgan fingerprint density at radius 2 is 2.07 bits per heavy atom. The molecule has 2 aliphatic rings. The Balaban J connectivity index is 1.45. The molecule has 0 spiro atoms. The van der Waals surface area contributed by atoms with Gasteiger partial charge >= 0.3 is 0 Å². The molecule has 8 nitrogen and oxygen atoms in total. The fourth-order valence-electron chi connectivity index (χ4n) is 4.49. The lowest BCUT2D eigenvalue weighted by molar-refractivity contribution is -0.0166. The molecular weight excluding hydrogens is 384 g/mol. The highest BCUT2D eigenvalue weighted by Crippen LogP contribution is 2.38. The van der Waals surface area contributed by atoms with Crippen LogP contribution in [0.2, 0.25) is 0 Å². The van der Waals surface area contributed by atoms with Gasteiger partial charge in [-0.1, -0.05) is 0 Å². The molecule has 0 saturated heterocycles. The van der Waals surface area contributed by atoms with Crippen molar-refractivity contribution in [2.75, 3.05) is 13.2 Å². The molecular formula is C22H26N4O4. The van der Waals surface area contributed by atoms with Crippen LogP contribution in [0.3, 0.4) is 0 Å². The molecule has 8 heteroatoms. The van der Waals surface area contributed by atoms with E-state index >= 15 is 0 Å². The van der Waals surface area contributed by atoms with Gasteiger partial charge in [-0.3, -0.25) is 0 Å². The topological polar surface area (TPSA) is 102 Å².